The second-order valence-electron chi connectivity index (χ2n) is 8.68. The van der Waals surface area contributed by atoms with Crippen LogP contribution in [-0.2, 0) is 24.2 Å². The number of halogens is 1. The molecule has 1 aliphatic heterocycles. The lowest BCUT2D eigenvalue weighted by molar-refractivity contribution is -0.125. The van der Waals surface area contributed by atoms with Crippen molar-refractivity contribution in [3.05, 3.63) is 80.1 Å². The summed E-state index contributed by atoms with van der Waals surface area (Å²) >= 11 is 6.14. The van der Waals surface area contributed by atoms with Crippen molar-refractivity contribution in [1.82, 2.24) is 19.9 Å². The average Bonchev–Trinajstić information content (AvgIpc) is 3.37. The van der Waals surface area contributed by atoms with Crippen LogP contribution < -0.4 is 21.9 Å². The van der Waals surface area contributed by atoms with Crippen molar-refractivity contribution in [1.29, 1.82) is 0 Å². The lowest BCUT2D eigenvalue weighted by atomic mass is 10.1. The summed E-state index contributed by atoms with van der Waals surface area (Å²) in [5.41, 5.74) is 9.84. The number of amides is 1. The van der Waals surface area contributed by atoms with Gasteiger partial charge >= 0.3 is 0 Å². The van der Waals surface area contributed by atoms with Crippen LogP contribution >= 0.6 is 11.6 Å². The minimum absolute atomic E-state index is 0.124. The number of fused-ring (bicyclic) bond motifs is 2. The molecule has 1 aromatic carbocycles. The van der Waals surface area contributed by atoms with E-state index in [1.165, 1.54) is 4.57 Å². The van der Waals surface area contributed by atoms with Crippen molar-refractivity contribution in [2.45, 2.75) is 51.2 Å². The Balaban J connectivity index is 1.34. The Bertz CT molecular complexity index is 1280. The fourth-order valence-corrected chi connectivity index (χ4v) is 5.10. The van der Waals surface area contributed by atoms with Crippen LogP contribution in [0.25, 0.3) is 0 Å². The minimum atomic E-state index is -0.582. The number of nitrogens with two attached hydrogens (primary N) is 1. The third-order valence-corrected chi connectivity index (χ3v) is 6.52. The third kappa shape index (κ3) is 4.18. The van der Waals surface area contributed by atoms with Crippen LogP contribution in [0.15, 0.2) is 41.3 Å². The number of rotatable bonds is 5. The van der Waals surface area contributed by atoms with Crippen LogP contribution in [0, 0.1) is 6.92 Å². The van der Waals surface area contributed by atoms with E-state index in [0.717, 1.165) is 35.2 Å². The first-order chi connectivity index (χ1) is 15.9. The lowest BCUT2D eigenvalue weighted by Crippen LogP contribution is -2.37. The molecule has 0 radical (unpaired) electrons. The Morgan fingerprint density at radius 3 is 2.91 bits per heavy atom. The molecule has 0 saturated heterocycles. The molecule has 2 aromatic heterocycles. The van der Waals surface area contributed by atoms with E-state index in [0.29, 0.717) is 41.7 Å². The molecule has 0 bridgehead atoms. The third-order valence-electron chi connectivity index (χ3n) is 6.30. The summed E-state index contributed by atoms with van der Waals surface area (Å²) in [6, 6.07) is 8.72. The number of aromatic nitrogens is 3. The first-order valence-corrected chi connectivity index (χ1v) is 11.4. The summed E-state index contributed by atoms with van der Waals surface area (Å²) in [6.07, 6.45) is 4.22. The maximum atomic E-state index is 13.2. The predicted molar refractivity (Wildman–Crippen MR) is 127 cm³/mol. The van der Waals surface area contributed by atoms with Crippen LogP contribution in [0.3, 0.4) is 0 Å². The zero-order chi connectivity index (χ0) is 23.1. The zero-order valence-electron chi connectivity index (χ0n) is 18.3. The number of nitrogens with one attached hydrogen (secondary N) is 2. The van der Waals surface area contributed by atoms with E-state index in [1.54, 1.807) is 12.3 Å². The SMILES string of the molecule is Cc1cc(Cl)cc(CNc2cnc3n(c2=O)[C@H](C(=O)N[C@@H]2CCc4nc(N)ccc42)CC3)c1. The Kier molecular flexibility index (Phi) is 5.54. The number of nitrogens with zero attached hydrogens (tertiary/aromatic N) is 3. The van der Waals surface area contributed by atoms with E-state index in [1.807, 2.05) is 31.2 Å². The highest BCUT2D eigenvalue weighted by atomic mass is 35.5. The molecule has 0 unspecified atom stereocenters. The molecular formula is C24H25ClN6O2. The highest BCUT2D eigenvalue weighted by Gasteiger charge is 2.34. The van der Waals surface area contributed by atoms with E-state index in [9.17, 15) is 9.59 Å². The summed E-state index contributed by atoms with van der Waals surface area (Å²) in [5, 5.41) is 6.92. The molecule has 8 nitrogen and oxygen atoms in total. The molecule has 5 rings (SSSR count). The summed E-state index contributed by atoms with van der Waals surface area (Å²) in [7, 11) is 0. The van der Waals surface area contributed by atoms with Gasteiger partial charge in [-0.05, 0) is 61.1 Å². The number of aryl methyl sites for hydroxylation is 3. The van der Waals surface area contributed by atoms with Gasteiger partial charge in [-0.25, -0.2) is 9.97 Å². The second kappa shape index (κ2) is 8.51. The standard InChI is InChI=1S/C24H25ClN6O2/c1-13-8-14(10-15(25)9-13)11-27-19-12-28-22-7-5-20(31(22)24(19)33)23(32)30-18-4-3-17-16(18)2-6-21(26)29-17/h2,6,8-10,12,18,20,27H,3-5,7,11H2,1H3,(H2,26,29)(H,30,32)/t18-,20+/m1/s1. The molecule has 1 aliphatic carbocycles. The molecular weight excluding hydrogens is 440 g/mol. The smallest absolute Gasteiger partial charge is 0.277 e. The molecule has 2 aliphatic rings. The quantitative estimate of drug-likeness (QED) is 0.534. The van der Waals surface area contributed by atoms with E-state index in [-0.39, 0.29) is 17.5 Å². The van der Waals surface area contributed by atoms with Gasteiger partial charge < -0.3 is 16.4 Å². The number of carbonyl (C=O) groups excluding carboxylic acids is 1. The molecule has 0 fully saturated rings. The van der Waals surface area contributed by atoms with Crippen LogP contribution in [0.4, 0.5) is 11.5 Å². The van der Waals surface area contributed by atoms with Gasteiger partial charge in [-0.1, -0.05) is 23.7 Å². The van der Waals surface area contributed by atoms with Gasteiger partial charge in [-0.2, -0.15) is 0 Å². The maximum absolute atomic E-state index is 13.2. The number of pyridine rings is 1. The first-order valence-electron chi connectivity index (χ1n) is 11.0. The number of nitrogen functional groups attached to an aromatic ring is 1. The van der Waals surface area contributed by atoms with E-state index >= 15 is 0 Å². The van der Waals surface area contributed by atoms with Crippen LogP contribution in [0.1, 0.15) is 53.1 Å². The van der Waals surface area contributed by atoms with Crippen LogP contribution in [-0.4, -0.2) is 20.4 Å². The topological polar surface area (TPSA) is 115 Å². The lowest BCUT2D eigenvalue weighted by Gasteiger charge is -2.19. The van der Waals surface area contributed by atoms with Crippen molar-refractivity contribution in [2.24, 2.45) is 0 Å². The van der Waals surface area contributed by atoms with Crippen LogP contribution in [0.5, 0.6) is 0 Å². The highest BCUT2D eigenvalue weighted by Crippen LogP contribution is 2.32. The summed E-state index contributed by atoms with van der Waals surface area (Å²) < 4.78 is 1.53. The fraction of sp³-hybridized carbons (Fsp3) is 0.333. The largest absolute Gasteiger partial charge is 0.384 e. The predicted octanol–water partition coefficient (Wildman–Crippen LogP) is 3.09. The average molecular weight is 465 g/mol. The van der Waals surface area contributed by atoms with Crippen molar-refractivity contribution in [2.75, 3.05) is 11.1 Å². The Hall–Kier alpha value is -3.39. The van der Waals surface area contributed by atoms with Crippen molar-refractivity contribution >= 4 is 29.0 Å². The van der Waals surface area contributed by atoms with Crippen molar-refractivity contribution in [3.63, 3.8) is 0 Å². The molecule has 1 amide bonds. The zero-order valence-corrected chi connectivity index (χ0v) is 19.0. The van der Waals surface area contributed by atoms with Gasteiger partial charge in [-0.15, -0.1) is 0 Å². The first kappa shape index (κ1) is 21.5. The molecule has 9 heteroatoms. The number of hydrogen-bond acceptors (Lipinski definition) is 6. The molecule has 0 spiro atoms. The van der Waals surface area contributed by atoms with Crippen molar-refractivity contribution in [3.8, 4) is 0 Å². The molecule has 170 valence electrons. The van der Waals surface area contributed by atoms with Gasteiger partial charge in [0.1, 0.15) is 23.4 Å². The Labute approximate surface area is 196 Å². The van der Waals surface area contributed by atoms with Gasteiger partial charge in [0.15, 0.2) is 0 Å². The van der Waals surface area contributed by atoms with Gasteiger partial charge in [0.05, 0.1) is 12.2 Å². The fourth-order valence-electron chi connectivity index (χ4n) is 4.79. The van der Waals surface area contributed by atoms with Crippen molar-refractivity contribution < 1.29 is 4.79 Å². The van der Waals surface area contributed by atoms with Gasteiger partial charge in [0.25, 0.3) is 5.56 Å². The molecule has 33 heavy (non-hydrogen) atoms. The maximum Gasteiger partial charge on any atom is 0.277 e. The Morgan fingerprint density at radius 1 is 1.24 bits per heavy atom. The van der Waals surface area contributed by atoms with Crippen LogP contribution in [0.2, 0.25) is 5.02 Å². The molecule has 0 saturated carbocycles. The number of benzene rings is 1. The molecule has 2 atom stereocenters. The van der Waals surface area contributed by atoms with E-state index < -0.39 is 6.04 Å². The minimum Gasteiger partial charge on any atom is -0.384 e. The molecule has 4 N–H and O–H groups in total. The van der Waals surface area contributed by atoms with Gasteiger partial charge in [0.2, 0.25) is 5.91 Å². The van der Waals surface area contributed by atoms with Gasteiger partial charge in [-0.3, -0.25) is 14.2 Å². The summed E-state index contributed by atoms with van der Waals surface area (Å²) in [5.74, 6) is 0.941. The monoisotopic (exact) mass is 464 g/mol. The normalized spacial score (nSPS) is 18.6. The Morgan fingerprint density at radius 2 is 2.09 bits per heavy atom. The number of hydrogen-bond donors (Lipinski definition) is 3. The second-order valence-corrected chi connectivity index (χ2v) is 9.12. The summed E-state index contributed by atoms with van der Waals surface area (Å²) in [6.45, 7) is 2.40. The molecule has 3 heterocycles. The van der Waals surface area contributed by atoms with Gasteiger partial charge in [0, 0.05) is 23.7 Å². The number of carbonyl (C=O) groups is 1. The highest BCUT2D eigenvalue weighted by molar-refractivity contribution is 6.30. The molecule has 3 aromatic rings. The van der Waals surface area contributed by atoms with E-state index in [2.05, 4.69) is 20.6 Å². The van der Waals surface area contributed by atoms with E-state index in [4.69, 9.17) is 17.3 Å². The number of anilines is 2. The summed E-state index contributed by atoms with van der Waals surface area (Å²) in [4.78, 5) is 35.2.